The number of halogens is 3. The Morgan fingerprint density at radius 1 is 1.32 bits per heavy atom. The highest BCUT2D eigenvalue weighted by atomic mass is 32.1. The van der Waals surface area contributed by atoms with Crippen molar-refractivity contribution in [2.24, 2.45) is 0 Å². The summed E-state index contributed by atoms with van der Waals surface area (Å²) in [6, 6.07) is 7.89. The lowest BCUT2D eigenvalue weighted by Crippen LogP contribution is -2.31. The quantitative estimate of drug-likeness (QED) is 0.816. The molecule has 3 rings (SSSR count). The summed E-state index contributed by atoms with van der Waals surface area (Å²) in [5.41, 5.74) is 0.237. The van der Waals surface area contributed by atoms with Crippen LogP contribution >= 0.6 is 11.3 Å². The summed E-state index contributed by atoms with van der Waals surface area (Å²) < 4.78 is 43.4. The molecular formula is C17H20F3N3OS. The number of rotatable bonds is 6. The van der Waals surface area contributed by atoms with Gasteiger partial charge in [-0.1, -0.05) is 12.1 Å². The van der Waals surface area contributed by atoms with Crippen LogP contribution in [0.4, 0.5) is 18.3 Å². The number of hydrogen-bond donors (Lipinski definition) is 1. The Hall–Kier alpha value is -1.80. The van der Waals surface area contributed by atoms with Gasteiger partial charge in [-0.05, 0) is 43.6 Å². The lowest BCUT2D eigenvalue weighted by atomic mass is 10.1. The molecule has 1 aromatic heterocycles. The topological polar surface area (TPSA) is 37.4 Å². The second-order valence-electron chi connectivity index (χ2n) is 5.95. The van der Waals surface area contributed by atoms with Crippen LogP contribution in [-0.2, 0) is 6.18 Å². The lowest BCUT2D eigenvalue weighted by molar-refractivity contribution is -0.140. The van der Waals surface area contributed by atoms with Crippen molar-refractivity contribution in [3.63, 3.8) is 0 Å². The standard InChI is InChI=1S/C17H20F3N3OS/c1-24-13-6-4-5-12(9-13)14(23-7-2-3-8-23)10-21-16-22-15(11-25-16)17(18,19)20/h4-6,9,11,14H,2-3,7-8,10H2,1H3,(H,21,22). The number of methoxy groups -OCH3 is 1. The minimum Gasteiger partial charge on any atom is -0.497 e. The van der Waals surface area contributed by atoms with Crippen LogP contribution < -0.4 is 10.1 Å². The van der Waals surface area contributed by atoms with Crippen molar-refractivity contribution in [3.8, 4) is 5.75 Å². The summed E-state index contributed by atoms with van der Waals surface area (Å²) in [4.78, 5) is 5.99. The van der Waals surface area contributed by atoms with Gasteiger partial charge in [-0.3, -0.25) is 4.90 Å². The van der Waals surface area contributed by atoms with Gasteiger partial charge in [0.25, 0.3) is 0 Å². The average molecular weight is 371 g/mol. The van der Waals surface area contributed by atoms with E-state index in [1.807, 2.05) is 24.3 Å². The van der Waals surface area contributed by atoms with E-state index in [2.05, 4.69) is 15.2 Å². The Labute approximate surface area is 148 Å². The number of nitrogens with zero attached hydrogens (tertiary/aromatic N) is 2. The van der Waals surface area contributed by atoms with Crippen molar-refractivity contribution in [2.75, 3.05) is 32.1 Å². The highest BCUT2D eigenvalue weighted by Crippen LogP contribution is 2.33. The predicted molar refractivity (Wildman–Crippen MR) is 92.1 cm³/mol. The van der Waals surface area contributed by atoms with Crippen LogP contribution in [0.15, 0.2) is 29.6 Å². The number of benzene rings is 1. The molecule has 25 heavy (non-hydrogen) atoms. The molecule has 1 N–H and O–H groups in total. The summed E-state index contributed by atoms with van der Waals surface area (Å²) in [7, 11) is 1.62. The Bertz CT molecular complexity index is 698. The van der Waals surface area contributed by atoms with Crippen molar-refractivity contribution in [3.05, 3.63) is 40.9 Å². The molecule has 1 unspecified atom stereocenters. The molecule has 1 aliphatic rings. The Kier molecular flexibility index (Phi) is 5.48. The first-order chi connectivity index (χ1) is 12.0. The van der Waals surface area contributed by atoms with Crippen molar-refractivity contribution >= 4 is 16.5 Å². The van der Waals surface area contributed by atoms with E-state index in [1.54, 1.807) is 7.11 Å². The average Bonchev–Trinajstić information content (AvgIpc) is 3.26. The second-order valence-corrected chi connectivity index (χ2v) is 6.81. The highest BCUT2D eigenvalue weighted by Gasteiger charge is 2.34. The second kappa shape index (κ2) is 7.61. The van der Waals surface area contributed by atoms with Gasteiger partial charge in [0.05, 0.1) is 13.2 Å². The minimum absolute atomic E-state index is 0.0656. The number of thiazole rings is 1. The Morgan fingerprint density at radius 3 is 2.72 bits per heavy atom. The van der Waals surface area contributed by atoms with E-state index in [0.717, 1.165) is 54.0 Å². The van der Waals surface area contributed by atoms with Crippen LogP contribution in [0.2, 0.25) is 0 Å². The summed E-state index contributed by atoms with van der Waals surface area (Å²) in [6.07, 6.45) is -2.14. The summed E-state index contributed by atoms with van der Waals surface area (Å²) >= 11 is 0.978. The van der Waals surface area contributed by atoms with E-state index in [1.165, 1.54) is 0 Å². The number of aromatic nitrogens is 1. The molecule has 4 nitrogen and oxygen atoms in total. The van der Waals surface area contributed by atoms with Crippen molar-refractivity contribution in [2.45, 2.75) is 25.1 Å². The smallest absolute Gasteiger partial charge is 0.434 e. The van der Waals surface area contributed by atoms with Gasteiger partial charge in [-0.15, -0.1) is 11.3 Å². The fraction of sp³-hybridized carbons (Fsp3) is 0.471. The maximum Gasteiger partial charge on any atom is 0.434 e. The van der Waals surface area contributed by atoms with Gasteiger partial charge < -0.3 is 10.1 Å². The van der Waals surface area contributed by atoms with Crippen molar-refractivity contribution in [1.82, 2.24) is 9.88 Å². The first kappa shape index (κ1) is 18.0. The molecule has 0 radical (unpaired) electrons. The van der Waals surface area contributed by atoms with Gasteiger partial charge in [0.15, 0.2) is 10.8 Å². The van der Waals surface area contributed by atoms with Crippen molar-refractivity contribution < 1.29 is 17.9 Å². The third kappa shape index (κ3) is 4.43. The van der Waals surface area contributed by atoms with E-state index in [4.69, 9.17) is 4.74 Å². The number of alkyl halides is 3. The van der Waals surface area contributed by atoms with Crippen LogP contribution in [0.25, 0.3) is 0 Å². The number of ether oxygens (including phenoxy) is 1. The molecule has 2 heterocycles. The monoisotopic (exact) mass is 371 g/mol. The van der Waals surface area contributed by atoms with Gasteiger partial charge >= 0.3 is 6.18 Å². The van der Waals surface area contributed by atoms with Gasteiger partial charge in [0.1, 0.15) is 5.75 Å². The zero-order valence-electron chi connectivity index (χ0n) is 13.8. The number of anilines is 1. The fourth-order valence-corrected chi connectivity index (χ4v) is 3.76. The third-order valence-electron chi connectivity index (χ3n) is 4.30. The molecule has 0 bridgehead atoms. The molecule has 1 saturated heterocycles. The zero-order chi connectivity index (χ0) is 17.9. The van der Waals surface area contributed by atoms with Crippen LogP contribution in [0, 0.1) is 0 Å². The highest BCUT2D eigenvalue weighted by molar-refractivity contribution is 7.13. The molecule has 2 aromatic rings. The third-order valence-corrected chi connectivity index (χ3v) is 5.10. The first-order valence-electron chi connectivity index (χ1n) is 8.12. The van der Waals surface area contributed by atoms with E-state index >= 15 is 0 Å². The largest absolute Gasteiger partial charge is 0.497 e. The van der Waals surface area contributed by atoms with Gasteiger partial charge in [-0.2, -0.15) is 13.2 Å². The Morgan fingerprint density at radius 2 is 2.08 bits per heavy atom. The molecule has 1 atom stereocenters. The molecule has 1 aromatic carbocycles. The summed E-state index contributed by atoms with van der Waals surface area (Å²) in [6.45, 7) is 2.46. The predicted octanol–water partition coefficient (Wildman–Crippen LogP) is 4.42. The maximum absolute atomic E-state index is 12.7. The molecule has 136 valence electrons. The lowest BCUT2D eigenvalue weighted by Gasteiger charge is -2.28. The van der Waals surface area contributed by atoms with E-state index in [9.17, 15) is 13.2 Å². The maximum atomic E-state index is 12.7. The Balaban J connectivity index is 1.75. The van der Waals surface area contributed by atoms with Gasteiger partial charge in [0.2, 0.25) is 0 Å². The summed E-state index contributed by atoms with van der Waals surface area (Å²) in [5.74, 6) is 0.773. The van der Waals surface area contributed by atoms with Crippen molar-refractivity contribution in [1.29, 1.82) is 0 Å². The van der Waals surface area contributed by atoms with Crippen LogP contribution in [-0.4, -0.2) is 36.6 Å². The van der Waals surface area contributed by atoms with Gasteiger partial charge in [-0.25, -0.2) is 4.98 Å². The number of hydrogen-bond acceptors (Lipinski definition) is 5. The van der Waals surface area contributed by atoms with Crippen LogP contribution in [0.5, 0.6) is 5.75 Å². The first-order valence-corrected chi connectivity index (χ1v) is 9.00. The van der Waals surface area contributed by atoms with Crippen LogP contribution in [0.3, 0.4) is 0 Å². The van der Waals surface area contributed by atoms with Gasteiger partial charge in [0, 0.05) is 11.9 Å². The molecule has 0 amide bonds. The molecule has 0 aliphatic carbocycles. The molecular weight excluding hydrogens is 351 g/mol. The zero-order valence-corrected chi connectivity index (χ0v) is 14.7. The molecule has 0 saturated carbocycles. The molecule has 1 aliphatic heterocycles. The molecule has 8 heteroatoms. The van der Waals surface area contributed by atoms with E-state index in [-0.39, 0.29) is 6.04 Å². The van der Waals surface area contributed by atoms with E-state index < -0.39 is 11.9 Å². The SMILES string of the molecule is COc1cccc(C(CNc2nc(C(F)(F)F)cs2)N2CCCC2)c1. The molecule has 1 fully saturated rings. The fourth-order valence-electron chi connectivity index (χ4n) is 3.03. The van der Waals surface area contributed by atoms with E-state index in [0.29, 0.717) is 11.7 Å². The normalized spacial score (nSPS) is 16.8. The molecule has 0 spiro atoms. The number of likely N-dealkylation sites (tertiary alicyclic amines) is 1. The van der Waals surface area contributed by atoms with Crippen LogP contribution in [0.1, 0.15) is 30.1 Å². The number of nitrogens with one attached hydrogen (secondary N) is 1. The minimum atomic E-state index is -4.41. The summed E-state index contributed by atoms with van der Waals surface area (Å²) in [5, 5.41) is 4.41.